The molecule has 5 heteroatoms. The van der Waals surface area contributed by atoms with E-state index >= 15 is 0 Å². The fraction of sp³-hybridized carbons (Fsp3) is 0.938. The molecule has 0 spiro atoms. The van der Waals surface area contributed by atoms with Crippen LogP contribution >= 0.6 is 0 Å². The Morgan fingerprint density at radius 3 is 2.43 bits per heavy atom. The Labute approximate surface area is 128 Å². The monoisotopic (exact) mass is 302 g/mol. The quantitative estimate of drug-likeness (QED) is 0.469. The lowest BCUT2D eigenvalue weighted by molar-refractivity contribution is -0.146. The average Bonchev–Trinajstić information content (AvgIpc) is 2.47. The van der Waals surface area contributed by atoms with Crippen LogP contribution in [0.1, 0.15) is 58.8 Å². The maximum Gasteiger partial charge on any atom is 0.306 e. The molecule has 0 aliphatic heterocycles. The van der Waals surface area contributed by atoms with Crippen molar-refractivity contribution in [3.63, 3.8) is 0 Å². The molecule has 1 atom stereocenters. The van der Waals surface area contributed by atoms with E-state index in [2.05, 4.69) is 6.92 Å². The van der Waals surface area contributed by atoms with Crippen LogP contribution in [0.4, 0.5) is 0 Å². The molecule has 5 nitrogen and oxygen atoms in total. The number of ether oxygens (including phenoxy) is 3. The molecular weight excluding hydrogens is 272 g/mol. The van der Waals surface area contributed by atoms with Crippen LogP contribution in [0.3, 0.4) is 0 Å². The Kier molecular flexibility index (Phi) is 9.63. The molecular formula is C16H30O5. The first kappa shape index (κ1) is 18.4. The van der Waals surface area contributed by atoms with Gasteiger partial charge < -0.3 is 19.3 Å². The molecule has 0 heterocycles. The molecule has 1 aliphatic rings. The van der Waals surface area contributed by atoms with Crippen LogP contribution in [0, 0.1) is 5.92 Å². The van der Waals surface area contributed by atoms with Gasteiger partial charge in [-0.2, -0.15) is 0 Å². The Bertz CT molecular complexity index is 268. The molecule has 1 rings (SSSR count). The van der Waals surface area contributed by atoms with Crippen molar-refractivity contribution in [3.8, 4) is 0 Å². The minimum atomic E-state index is -0.667. The number of carboxylic acids is 1. The van der Waals surface area contributed by atoms with Gasteiger partial charge in [0.1, 0.15) is 0 Å². The summed E-state index contributed by atoms with van der Waals surface area (Å²) in [4.78, 5) is 10.9. The highest BCUT2D eigenvalue weighted by atomic mass is 16.7. The number of rotatable bonds is 11. The highest BCUT2D eigenvalue weighted by Crippen LogP contribution is 2.26. The lowest BCUT2D eigenvalue weighted by atomic mass is 9.87. The van der Waals surface area contributed by atoms with Crippen LogP contribution in [0.5, 0.6) is 0 Å². The lowest BCUT2D eigenvalue weighted by Crippen LogP contribution is -2.26. The van der Waals surface area contributed by atoms with E-state index in [1.807, 2.05) is 6.92 Å². The van der Waals surface area contributed by atoms with Crippen molar-refractivity contribution in [3.05, 3.63) is 0 Å². The predicted octanol–water partition coefficient (Wildman–Crippen LogP) is 3.22. The molecule has 124 valence electrons. The molecule has 0 aromatic heterocycles. The van der Waals surface area contributed by atoms with E-state index in [-0.39, 0.29) is 18.3 Å². The maximum atomic E-state index is 10.9. The molecule has 0 bridgehead atoms. The first-order chi connectivity index (χ1) is 10.2. The van der Waals surface area contributed by atoms with Crippen LogP contribution in [0.2, 0.25) is 0 Å². The summed E-state index contributed by atoms with van der Waals surface area (Å²) in [6.07, 6.45) is 6.14. The van der Waals surface area contributed by atoms with Gasteiger partial charge in [-0.05, 0) is 45.4 Å². The lowest BCUT2D eigenvalue weighted by Gasteiger charge is -2.26. The number of hydrogen-bond donors (Lipinski definition) is 1. The highest BCUT2D eigenvalue weighted by molar-refractivity contribution is 5.70. The van der Waals surface area contributed by atoms with E-state index in [0.29, 0.717) is 19.8 Å². The molecule has 0 aromatic rings. The zero-order valence-electron chi connectivity index (χ0n) is 13.4. The Morgan fingerprint density at radius 2 is 1.86 bits per heavy atom. The topological polar surface area (TPSA) is 65.0 Å². The van der Waals surface area contributed by atoms with Crippen molar-refractivity contribution in [1.82, 2.24) is 0 Å². The number of carbonyl (C=O) groups is 1. The van der Waals surface area contributed by atoms with Crippen LogP contribution in [0.25, 0.3) is 0 Å². The molecule has 21 heavy (non-hydrogen) atoms. The highest BCUT2D eigenvalue weighted by Gasteiger charge is 2.26. The third kappa shape index (κ3) is 7.79. The SMILES string of the molecule is CCCC(OCC)OCCCOC1CCC(C(=O)O)CC1. The molecule has 1 saturated carbocycles. The van der Waals surface area contributed by atoms with Gasteiger partial charge in [-0.15, -0.1) is 0 Å². The van der Waals surface area contributed by atoms with E-state index in [1.165, 1.54) is 0 Å². The Hall–Kier alpha value is -0.650. The average molecular weight is 302 g/mol. The molecule has 0 aromatic carbocycles. The smallest absolute Gasteiger partial charge is 0.306 e. The fourth-order valence-corrected chi connectivity index (χ4v) is 2.64. The van der Waals surface area contributed by atoms with Gasteiger partial charge in [0, 0.05) is 13.2 Å². The molecule has 0 radical (unpaired) electrons. The second-order valence-corrected chi connectivity index (χ2v) is 5.58. The van der Waals surface area contributed by atoms with E-state index in [0.717, 1.165) is 44.9 Å². The summed E-state index contributed by atoms with van der Waals surface area (Å²) in [7, 11) is 0. The second kappa shape index (κ2) is 11.0. The zero-order valence-corrected chi connectivity index (χ0v) is 13.4. The molecule has 1 fully saturated rings. The van der Waals surface area contributed by atoms with E-state index in [9.17, 15) is 4.79 Å². The normalized spacial score (nSPS) is 23.9. The predicted molar refractivity (Wildman–Crippen MR) is 80.2 cm³/mol. The minimum absolute atomic E-state index is 0.0917. The van der Waals surface area contributed by atoms with Gasteiger partial charge in [0.2, 0.25) is 0 Å². The van der Waals surface area contributed by atoms with E-state index in [4.69, 9.17) is 19.3 Å². The zero-order chi connectivity index (χ0) is 15.5. The first-order valence-corrected chi connectivity index (χ1v) is 8.24. The summed E-state index contributed by atoms with van der Waals surface area (Å²) >= 11 is 0. The number of carboxylic acid groups (broad SMARTS) is 1. The van der Waals surface area contributed by atoms with Crippen molar-refractivity contribution in [2.75, 3.05) is 19.8 Å². The van der Waals surface area contributed by atoms with Gasteiger partial charge in [0.25, 0.3) is 0 Å². The second-order valence-electron chi connectivity index (χ2n) is 5.58. The summed E-state index contributed by atoms with van der Waals surface area (Å²) in [5.41, 5.74) is 0. The summed E-state index contributed by atoms with van der Waals surface area (Å²) in [6, 6.07) is 0. The minimum Gasteiger partial charge on any atom is -0.481 e. The Morgan fingerprint density at radius 1 is 1.14 bits per heavy atom. The van der Waals surface area contributed by atoms with Crippen molar-refractivity contribution >= 4 is 5.97 Å². The van der Waals surface area contributed by atoms with Crippen LogP contribution in [0.15, 0.2) is 0 Å². The standard InChI is InChI=1S/C16H30O5/c1-3-6-15(19-4-2)21-12-5-11-20-14-9-7-13(8-10-14)16(17)18/h13-15H,3-12H2,1-2H3,(H,17,18). The van der Waals surface area contributed by atoms with Crippen LogP contribution < -0.4 is 0 Å². The Balaban J connectivity index is 2.03. The first-order valence-electron chi connectivity index (χ1n) is 8.24. The summed E-state index contributed by atoms with van der Waals surface area (Å²) in [5.74, 6) is -0.839. The fourth-order valence-electron chi connectivity index (χ4n) is 2.64. The maximum absolute atomic E-state index is 10.9. The molecule has 1 unspecified atom stereocenters. The summed E-state index contributed by atoms with van der Waals surface area (Å²) < 4.78 is 17.0. The van der Waals surface area contributed by atoms with Gasteiger partial charge >= 0.3 is 5.97 Å². The molecule has 0 amide bonds. The van der Waals surface area contributed by atoms with Crippen molar-refractivity contribution in [2.24, 2.45) is 5.92 Å². The molecule has 1 aliphatic carbocycles. The third-order valence-electron chi connectivity index (χ3n) is 3.85. The van der Waals surface area contributed by atoms with Crippen LogP contribution in [-0.4, -0.2) is 43.3 Å². The summed E-state index contributed by atoms with van der Waals surface area (Å²) in [6.45, 7) is 6.09. The van der Waals surface area contributed by atoms with Crippen LogP contribution in [-0.2, 0) is 19.0 Å². The van der Waals surface area contributed by atoms with Crippen molar-refractivity contribution in [2.45, 2.75) is 71.2 Å². The van der Waals surface area contributed by atoms with Gasteiger partial charge in [-0.3, -0.25) is 4.79 Å². The third-order valence-corrected chi connectivity index (χ3v) is 3.85. The largest absolute Gasteiger partial charge is 0.481 e. The molecule has 0 saturated heterocycles. The van der Waals surface area contributed by atoms with Gasteiger partial charge in [-0.25, -0.2) is 0 Å². The van der Waals surface area contributed by atoms with E-state index in [1.54, 1.807) is 0 Å². The summed E-state index contributed by atoms with van der Waals surface area (Å²) in [5, 5.41) is 8.94. The van der Waals surface area contributed by atoms with Gasteiger partial charge in [-0.1, -0.05) is 13.3 Å². The van der Waals surface area contributed by atoms with E-state index < -0.39 is 5.97 Å². The van der Waals surface area contributed by atoms with Gasteiger partial charge in [0.15, 0.2) is 6.29 Å². The van der Waals surface area contributed by atoms with Crippen molar-refractivity contribution < 1.29 is 24.1 Å². The number of aliphatic carboxylic acids is 1. The van der Waals surface area contributed by atoms with Crippen molar-refractivity contribution in [1.29, 1.82) is 0 Å². The molecule has 1 N–H and O–H groups in total. The van der Waals surface area contributed by atoms with Gasteiger partial charge in [0.05, 0.1) is 18.6 Å². The number of hydrogen-bond acceptors (Lipinski definition) is 4.